The minimum Gasteiger partial charge on any atom is -0.345 e. The van der Waals surface area contributed by atoms with Crippen LogP contribution in [0.2, 0.25) is 0 Å². The van der Waals surface area contributed by atoms with Gasteiger partial charge in [-0.2, -0.15) is 0 Å². The molecule has 0 radical (unpaired) electrons. The Morgan fingerprint density at radius 2 is 1.81 bits per heavy atom. The van der Waals surface area contributed by atoms with E-state index < -0.39 is 0 Å². The molecule has 0 saturated heterocycles. The van der Waals surface area contributed by atoms with Gasteiger partial charge in [-0.05, 0) is 60.1 Å². The standard InChI is InChI=1S/C26H30N2O2S2/c1-16(17-9-6-5-7-10-17)27-24(30)22-19-13-12-18(26(2,3)4)15-21(19)32-25(22)28-23(29)20-11-8-14-31-20/h5-11,14,16,18H,12-13,15H2,1-4H3,(H,27,30)(H,28,29)/t16-,18-/m0/s1. The van der Waals surface area contributed by atoms with Crippen molar-refractivity contribution in [1.29, 1.82) is 0 Å². The lowest BCUT2D eigenvalue weighted by Gasteiger charge is -2.34. The quantitative estimate of drug-likeness (QED) is 0.439. The molecule has 2 atom stereocenters. The average Bonchev–Trinajstić information content (AvgIpc) is 3.41. The fraction of sp³-hybridized carbons (Fsp3) is 0.385. The third-order valence-electron chi connectivity index (χ3n) is 6.34. The first-order valence-electron chi connectivity index (χ1n) is 11.1. The number of benzene rings is 1. The number of thiophene rings is 2. The van der Waals surface area contributed by atoms with E-state index >= 15 is 0 Å². The largest absolute Gasteiger partial charge is 0.345 e. The van der Waals surface area contributed by atoms with Gasteiger partial charge >= 0.3 is 0 Å². The summed E-state index contributed by atoms with van der Waals surface area (Å²) in [5.74, 6) is 0.291. The van der Waals surface area contributed by atoms with E-state index in [2.05, 4.69) is 31.4 Å². The molecule has 6 heteroatoms. The topological polar surface area (TPSA) is 58.2 Å². The molecule has 2 N–H and O–H groups in total. The molecule has 0 saturated carbocycles. The summed E-state index contributed by atoms with van der Waals surface area (Å²) >= 11 is 2.97. The third-order valence-corrected chi connectivity index (χ3v) is 8.37. The van der Waals surface area contributed by atoms with Crippen molar-refractivity contribution in [1.82, 2.24) is 5.32 Å². The number of hydrogen-bond acceptors (Lipinski definition) is 4. The van der Waals surface area contributed by atoms with Crippen LogP contribution in [0.15, 0.2) is 47.8 Å². The summed E-state index contributed by atoms with van der Waals surface area (Å²) in [6, 6.07) is 13.5. The van der Waals surface area contributed by atoms with E-state index in [1.807, 2.05) is 48.7 Å². The van der Waals surface area contributed by atoms with Crippen molar-refractivity contribution < 1.29 is 9.59 Å². The fourth-order valence-corrected chi connectivity index (χ4v) is 6.26. The number of carbonyl (C=O) groups excluding carboxylic acids is 2. The molecule has 3 aromatic rings. The van der Waals surface area contributed by atoms with E-state index in [0.717, 1.165) is 30.4 Å². The van der Waals surface area contributed by atoms with Crippen LogP contribution in [0.3, 0.4) is 0 Å². The van der Waals surface area contributed by atoms with Gasteiger partial charge in [0.1, 0.15) is 5.00 Å². The molecule has 168 valence electrons. The molecule has 1 aliphatic carbocycles. The van der Waals surface area contributed by atoms with Crippen molar-refractivity contribution in [3.63, 3.8) is 0 Å². The van der Waals surface area contributed by atoms with Gasteiger partial charge < -0.3 is 10.6 Å². The average molecular weight is 467 g/mol. The Morgan fingerprint density at radius 3 is 2.47 bits per heavy atom. The zero-order valence-corrected chi connectivity index (χ0v) is 20.7. The molecule has 0 unspecified atom stereocenters. The molecule has 1 aliphatic rings. The zero-order valence-electron chi connectivity index (χ0n) is 19.0. The van der Waals surface area contributed by atoms with Gasteiger partial charge in [0.25, 0.3) is 11.8 Å². The summed E-state index contributed by atoms with van der Waals surface area (Å²) in [5.41, 5.74) is 3.02. The molecule has 2 aromatic heterocycles. The Hall–Kier alpha value is -2.44. The van der Waals surface area contributed by atoms with Crippen molar-refractivity contribution in [2.45, 2.75) is 53.0 Å². The highest BCUT2D eigenvalue weighted by Gasteiger charge is 2.34. The van der Waals surface area contributed by atoms with Crippen LogP contribution in [0.25, 0.3) is 0 Å². The van der Waals surface area contributed by atoms with E-state index in [9.17, 15) is 9.59 Å². The molecule has 2 heterocycles. The molecule has 2 amide bonds. The molecule has 0 aliphatic heterocycles. The molecule has 0 fully saturated rings. The lowest BCUT2D eigenvalue weighted by molar-refractivity contribution is 0.0939. The Balaban J connectivity index is 1.65. The van der Waals surface area contributed by atoms with E-state index in [1.54, 1.807) is 17.4 Å². The smallest absolute Gasteiger partial charge is 0.266 e. The predicted molar refractivity (Wildman–Crippen MR) is 134 cm³/mol. The number of nitrogens with one attached hydrogen (secondary N) is 2. The summed E-state index contributed by atoms with van der Waals surface area (Å²) in [6.07, 6.45) is 2.87. The second-order valence-electron chi connectivity index (χ2n) is 9.55. The molecule has 32 heavy (non-hydrogen) atoms. The maximum atomic E-state index is 13.5. The van der Waals surface area contributed by atoms with Crippen LogP contribution in [0.1, 0.15) is 76.2 Å². The number of amides is 2. The normalized spacial score (nSPS) is 16.8. The van der Waals surface area contributed by atoms with E-state index in [4.69, 9.17) is 0 Å². The highest BCUT2D eigenvalue weighted by Crippen LogP contribution is 2.44. The van der Waals surface area contributed by atoms with E-state index in [1.165, 1.54) is 16.2 Å². The first-order chi connectivity index (χ1) is 15.2. The van der Waals surface area contributed by atoms with Gasteiger partial charge in [0.05, 0.1) is 16.5 Å². The van der Waals surface area contributed by atoms with E-state index in [-0.39, 0.29) is 23.3 Å². The molecule has 0 bridgehead atoms. The fourth-order valence-electron chi connectivity index (χ4n) is 4.32. The van der Waals surface area contributed by atoms with Crippen molar-refractivity contribution in [3.8, 4) is 0 Å². The minimum absolute atomic E-state index is 0.116. The molecular weight excluding hydrogens is 436 g/mol. The van der Waals surface area contributed by atoms with Crippen LogP contribution < -0.4 is 10.6 Å². The summed E-state index contributed by atoms with van der Waals surface area (Å²) in [6.45, 7) is 8.84. The van der Waals surface area contributed by atoms with Crippen molar-refractivity contribution in [2.75, 3.05) is 5.32 Å². The van der Waals surface area contributed by atoms with Gasteiger partial charge in [0.15, 0.2) is 0 Å². The highest BCUT2D eigenvalue weighted by atomic mass is 32.1. The van der Waals surface area contributed by atoms with Crippen LogP contribution in [0, 0.1) is 11.3 Å². The van der Waals surface area contributed by atoms with Crippen LogP contribution in [0.5, 0.6) is 0 Å². The van der Waals surface area contributed by atoms with E-state index in [0.29, 0.717) is 21.4 Å². The molecule has 4 nitrogen and oxygen atoms in total. The molecular formula is C26H30N2O2S2. The maximum absolute atomic E-state index is 13.5. The first kappa shape index (κ1) is 22.7. The Labute approximate surface area is 198 Å². The zero-order chi connectivity index (χ0) is 22.9. The number of hydrogen-bond donors (Lipinski definition) is 2. The summed E-state index contributed by atoms with van der Waals surface area (Å²) in [4.78, 5) is 28.2. The Morgan fingerprint density at radius 1 is 1.06 bits per heavy atom. The Kier molecular flexibility index (Phi) is 6.54. The predicted octanol–water partition coefficient (Wildman–Crippen LogP) is 6.70. The lowest BCUT2D eigenvalue weighted by Crippen LogP contribution is -2.30. The van der Waals surface area contributed by atoms with Gasteiger partial charge in [0, 0.05) is 4.88 Å². The van der Waals surface area contributed by atoms with Crippen molar-refractivity contribution in [2.24, 2.45) is 11.3 Å². The first-order valence-corrected chi connectivity index (χ1v) is 12.8. The molecule has 1 aromatic carbocycles. The van der Waals surface area contributed by atoms with Crippen LogP contribution in [0.4, 0.5) is 5.00 Å². The Bertz CT molecular complexity index is 1100. The molecule has 4 rings (SSSR count). The second kappa shape index (κ2) is 9.20. The van der Waals surface area contributed by atoms with Crippen molar-refractivity contribution >= 4 is 39.5 Å². The number of rotatable bonds is 5. The van der Waals surface area contributed by atoms with Gasteiger partial charge in [-0.3, -0.25) is 9.59 Å². The number of carbonyl (C=O) groups is 2. The van der Waals surface area contributed by atoms with Crippen LogP contribution in [-0.2, 0) is 12.8 Å². The van der Waals surface area contributed by atoms with Gasteiger partial charge in [-0.1, -0.05) is 57.2 Å². The maximum Gasteiger partial charge on any atom is 0.266 e. The SMILES string of the molecule is C[C@H](NC(=O)c1c(NC(=O)c2cccs2)sc2c1CC[C@H](C(C)(C)C)C2)c1ccccc1. The van der Waals surface area contributed by atoms with Crippen LogP contribution >= 0.6 is 22.7 Å². The summed E-state index contributed by atoms with van der Waals surface area (Å²) < 4.78 is 0. The highest BCUT2D eigenvalue weighted by molar-refractivity contribution is 7.17. The van der Waals surface area contributed by atoms with Gasteiger partial charge in [-0.25, -0.2) is 0 Å². The lowest BCUT2D eigenvalue weighted by atomic mass is 9.72. The van der Waals surface area contributed by atoms with Crippen molar-refractivity contribution in [3.05, 3.63) is 74.3 Å². The third kappa shape index (κ3) is 4.81. The molecule has 0 spiro atoms. The number of fused-ring (bicyclic) bond motifs is 1. The van der Waals surface area contributed by atoms with Gasteiger partial charge in [-0.15, -0.1) is 22.7 Å². The minimum atomic E-state index is -0.156. The van der Waals surface area contributed by atoms with Gasteiger partial charge in [0.2, 0.25) is 0 Å². The summed E-state index contributed by atoms with van der Waals surface area (Å²) in [5, 5.41) is 8.76. The van der Waals surface area contributed by atoms with Crippen LogP contribution in [-0.4, -0.2) is 11.8 Å². The monoisotopic (exact) mass is 466 g/mol. The number of anilines is 1. The second-order valence-corrected chi connectivity index (χ2v) is 11.6. The summed E-state index contributed by atoms with van der Waals surface area (Å²) in [7, 11) is 0.